The molecule has 1 N–H and O–H groups in total. The van der Waals surface area contributed by atoms with Crippen LogP contribution in [0.3, 0.4) is 0 Å². The van der Waals surface area contributed by atoms with E-state index in [2.05, 4.69) is 10.5 Å². The highest BCUT2D eigenvalue weighted by Crippen LogP contribution is 2.34. The first-order valence-electron chi connectivity index (χ1n) is 9.01. The summed E-state index contributed by atoms with van der Waals surface area (Å²) in [4.78, 5) is 12.1. The van der Waals surface area contributed by atoms with Crippen molar-refractivity contribution in [2.24, 2.45) is 5.10 Å². The Morgan fingerprint density at radius 3 is 2.38 bits per heavy atom. The fourth-order valence-electron chi connectivity index (χ4n) is 2.62. The van der Waals surface area contributed by atoms with E-state index in [0.29, 0.717) is 11.1 Å². The molecule has 0 saturated carbocycles. The number of alkyl halides is 3. The molecule has 0 aromatic heterocycles. The maximum atomic E-state index is 13.7. The third-order valence-electron chi connectivity index (χ3n) is 4.18. The second-order valence-corrected chi connectivity index (χ2v) is 7.29. The molecule has 0 bridgehead atoms. The SMILES string of the molecule is O=C(N/N=C\c1cc(Cl)c(OCc2ccccc2F)c(Cl)c1)c1cccc(C(F)(F)F)c1. The zero-order valence-corrected chi connectivity index (χ0v) is 17.6. The number of amides is 1. The largest absolute Gasteiger partial charge is 0.486 e. The van der Waals surface area contributed by atoms with Crippen LogP contribution >= 0.6 is 23.2 Å². The summed E-state index contributed by atoms with van der Waals surface area (Å²) in [5.41, 5.74) is 1.70. The number of hydrazone groups is 1. The molecule has 0 saturated heterocycles. The second-order valence-electron chi connectivity index (χ2n) is 6.47. The lowest BCUT2D eigenvalue weighted by Crippen LogP contribution is -2.18. The van der Waals surface area contributed by atoms with Gasteiger partial charge in [-0.15, -0.1) is 0 Å². The number of carbonyl (C=O) groups excluding carboxylic acids is 1. The Labute approximate surface area is 190 Å². The summed E-state index contributed by atoms with van der Waals surface area (Å²) < 4.78 is 57.5. The summed E-state index contributed by atoms with van der Waals surface area (Å²) >= 11 is 12.4. The van der Waals surface area contributed by atoms with Crippen LogP contribution in [0.5, 0.6) is 5.75 Å². The van der Waals surface area contributed by atoms with Gasteiger partial charge in [0, 0.05) is 11.1 Å². The number of nitrogens with one attached hydrogen (secondary N) is 1. The predicted octanol–water partition coefficient (Wildman–Crippen LogP) is 6.49. The Balaban J connectivity index is 1.66. The van der Waals surface area contributed by atoms with Crippen LogP contribution in [0.25, 0.3) is 0 Å². The monoisotopic (exact) mass is 484 g/mol. The zero-order valence-electron chi connectivity index (χ0n) is 16.1. The molecule has 0 aliphatic heterocycles. The van der Waals surface area contributed by atoms with E-state index < -0.39 is 23.5 Å². The van der Waals surface area contributed by atoms with Crippen molar-refractivity contribution in [1.82, 2.24) is 5.43 Å². The normalized spacial score (nSPS) is 11.6. The molecule has 10 heteroatoms. The van der Waals surface area contributed by atoms with Crippen LogP contribution in [0.4, 0.5) is 17.6 Å². The minimum absolute atomic E-state index is 0.0907. The van der Waals surface area contributed by atoms with Gasteiger partial charge in [0.1, 0.15) is 12.4 Å². The van der Waals surface area contributed by atoms with Gasteiger partial charge in [-0.1, -0.05) is 47.5 Å². The highest BCUT2D eigenvalue weighted by molar-refractivity contribution is 6.37. The van der Waals surface area contributed by atoms with Gasteiger partial charge in [0.25, 0.3) is 5.91 Å². The van der Waals surface area contributed by atoms with Crippen LogP contribution < -0.4 is 10.2 Å². The predicted molar refractivity (Wildman–Crippen MR) is 114 cm³/mol. The van der Waals surface area contributed by atoms with Crippen molar-refractivity contribution in [2.45, 2.75) is 12.8 Å². The zero-order chi connectivity index (χ0) is 23.3. The minimum atomic E-state index is -4.57. The van der Waals surface area contributed by atoms with Crippen molar-refractivity contribution in [3.05, 3.63) is 98.8 Å². The van der Waals surface area contributed by atoms with Crippen LogP contribution in [0.15, 0.2) is 65.8 Å². The number of carbonyl (C=O) groups is 1. The molecule has 166 valence electrons. The molecule has 4 nitrogen and oxygen atoms in total. The van der Waals surface area contributed by atoms with E-state index in [4.69, 9.17) is 27.9 Å². The van der Waals surface area contributed by atoms with Gasteiger partial charge >= 0.3 is 6.18 Å². The molecule has 0 fully saturated rings. The number of rotatable bonds is 6. The molecule has 0 aliphatic carbocycles. The van der Waals surface area contributed by atoms with Gasteiger partial charge < -0.3 is 4.74 Å². The van der Waals surface area contributed by atoms with Gasteiger partial charge in [-0.3, -0.25) is 4.79 Å². The van der Waals surface area contributed by atoms with Crippen LogP contribution in [0.1, 0.15) is 27.0 Å². The Bertz CT molecular complexity index is 1140. The van der Waals surface area contributed by atoms with E-state index in [1.165, 1.54) is 30.5 Å². The highest BCUT2D eigenvalue weighted by Gasteiger charge is 2.30. The minimum Gasteiger partial charge on any atom is -0.486 e. The summed E-state index contributed by atoms with van der Waals surface area (Å²) in [6.07, 6.45) is -3.35. The van der Waals surface area contributed by atoms with Gasteiger partial charge in [-0.2, -0.15) is 18.3 Å². The molecular weight excluding hydrogens is 471 g/mol. The molecular formula is C22H14Cl2F4N2O2. The maximum Gasteiger partial charge on any atom is 0.416 e. The molecule has 1 amide bonds. The van der Waals surface area contributed by atoms with Crippen molar-refractivity contribution in [3.8, 4) is 5.75 Å². The fraction of sp³-hybridized carbons (Fsp3) is 0.0909. The van der Waals surface area contributed by atoms with Gasteiger partial charge in [-0.25, -0.2) is 9.82 Å². The van der Waals surface area contributed by atoms with Crippen molar-refractivity contribution in [3.63, 3.8) is 0 Å². The third kappa shape index (κ3) is 5.99. The number of halogens is 6. The Morgan fingerprint density at radius 1 is 1.03 bits per heavy atom. The van der Waals surface area contributed by atoms with E-state index in [0.717, 1.165) is 18.2 Å². The van der Waals surface area contributed by atoms with Crippen molar-refractivity contribution >= 4 is 35.3 Å². The number of nitrogens with zero attached hydrogens (tertiary/aromatic N) is 1. The maximum absolute atomic E-state index is 13.7. The van der Waals surface area contributed by atoms with E-state index in [9.17, 15) is 22.4 Å². The first-order valence-corrected chi connectivity index (χ1v) is 9.76. The Kier molecular flexibility index (Phi) is 7.37. The summed E-state index contributed by atoms with van der Waals surface area (Å²) in [7, 11) is 0. The molecule has 3 rings (SSSR count). The quantitative estimate of drug-likeness (QED) is 0.247. The first-order chi connectivity index (χ1) is 15.1. The lowest BCUT2D eigenvalue weighted by Gasteiger charge is -2.11. The van der Waals surface area contributed by atoms with E-state index >= 15 is 0 Å². The first kappa shape index (κ1) is 23.6. The summed E-state index contributed by atoms with van der Waals surface area (Å²) in [5.74, 6) is -1.11. The number of benzene rings is 3. The van der Waals surface area contributed by atoms with Crippen molar-refractivity contribution in [2.75, 3.05) is 0 Å². The lowest BCUT2D eigenvalue weighted by atomic mass is 10.1. The smallest absolute Gasteiger partial charge is 0.416 e. The molecule has 3 aromatic carbocycles. The number of hydrogen-bond acceptors (Lipinski definition) is 3. The van der Waals surface area contributed by atoms with Crippen molar-refractivity contribution in [1.29, 1.82) is 0 Å². The molecule has 0 radical (unpaired) electrons. The van der Waals surface area contributed by atoms with Gasteiger partial charge in [-0.05, 0) is 42.0 Å². The van der Waals surface area contributed by atoms with Crippen LogP contribution in [-0.2, 0) is 12.8 Å². The summed E-state index contributed by atoms with van der Waals surface area (Å²) in [5, 5.41) is 3.96. The molecule has 0 atom stereocenters. The van der Waals surface area contributed by atoms with E-state index in [1.807, 2.05) is 0 Å². The molecule has 32 heavy (non-hydrogen) atoms. The Morgan fingerprint density at radius 2 is 1.72 bits per heavy atom. The average Bonchev–Trinajstić information content (AvgIpc) is 2.74. The van der Waals surface area contributed by atoms with E-state index in [1.54, 1.807) is 18.2 Å². The highest BCUT2D eigenvalue weighted by atomic mass is 35.5. The molecule has 3 aromatic rings. The van der Waals surface area contributed by atoms with Crippen LogP contribution in [0, 0.1) is 5.82 Å². The third-order valence-corrected chi connectivity index (χ3v) is 4.74. The van der Waals surface area contributed by atoms with E-state index in [-0.39, 0.29) is 28.0 Å². The molecule has 0 aliphatic rings. The summed E-state index contributed by atoms with van der Waals surface area (Å²) in [6, 6.07) is 12.9. The summed E-state index contributed by atoms with van der Waals surface area (Å²) in [6.45, 7) is -0.0907. The standard InChI is InChI=1S/C22H14Cl2F4N2O2/c23-17-8-13(9-18(24)20(17)32-12-15-4-1-2-7-19(15)25)11-29-30-21(31)14-5-3-6-16(10-14)22(26,27)28/h1-11H,12H2,(H,30,31)/b29-11-. The van der Waals surface area contributed by atoms with Crippen LogP contribution in [0.2, 0.25) is 10.0 Å². The Hall–Kier alpha value is -3.10. The van der Waals surface area contributed by atoms with Gasteiger partial charge in [0.05, 0.1) is 21.8 Å². The second kappa shape index (κ2) is 10.0. The lowest BCUT2D eigenvalue weighted by molar-refractivity contribution is -0.137. The number of hydrogen-bond donors (Lipinski definition) is 1. The molecule has 0 unspecified atom stereocenters. The van der Waals surface area contributed by atoms with Crippen molar-refractivity contribution < 1.29 is 27.1 Å². The topological polar surface area (TPSA) is 50.7 Å². The average molecular weight is 485 g/mol. The van der Waals surface area contributed by atoms with Gasteiger partial charge in [0.2, 0.25) is 0 Å². The molecule has 0 spiro atoms. The number of ether oxygens (including phenoxy) is 1. The molecule has 0 heterocycles. The van der Waals surface area contributed by atoms with Crippen LogP contribution in [-0.4, -0.2) is 12.1 Å². The van der Waals surface area contributed by atoms with Gasteiger partial charge in [0.15, 0.2) is 5.75 Å². The fourth-order valence-corrected chi connectivity index (χ4v) is 3.24.